The van der Waals surface area contributed by atoms with Crippen LogP contribution in [0.4, 0.5) is 5.69 Å². The summed E-state index contributed by atoms with van der Waals surface area (Å²) in [5.41, 5.74) is 6.75. The lowest BCUT2D eigenvalue weighted by molar-refractivity contribution is 0.0798. The van der Waals surface area contributed by atoms with Crippen LogP contribution >= 0.6 is 27.3 Å². The second kappa shape index (κ2) is 4.55. The van der Waals surface area contributed by atoms with Crippen LogP contribution in [-0.4, -0.2) is 23.9 Å². The van der Waals surface area contributed by atoms with Crippen LogP contribution in [0.3, 0.4) is 0 Å². The van der Waals surface area contributed by atoms with Crippen molar-refractivity contribution in [2.24, 2.45) is 0 Å². The summed E-state index contributed by atoms with van der Waals surface area (Å²) in [5.74, 6) is 0.0816. The van der Waals surface area contributed by atoms with Gasteiger partial charge in [-0.15, -0.1) is 11.3 Å². The molecule has 1 aromatic heterocycles. The zero-order valence-corrected chi connectivity index (χ0v) is 12.2. The number of nitrogens with zero attached hydrogens (tertiary/aromatic N) is 1. The summed E-state index contributed by atoms with van der Waals surface area (Å²) < 4.78 is 2.01. The average Bonchev–Trinajstić information content (AvgIpc) is 2.97. The van der Waals surface area contributed by atoms with Crippen molar-refractivity contribution < 1.29 is 4.79 Å². The van der Waals surface area contributed by atoms with Gasteiger partial charge in [0.15, 0.2) is 0 Å². The summed E-state index contributed by atoms with van der Waals surface area (Å²) in [5, 5.41) is 0.963. The van der Waals surface area contributed by atoms with E-state index in [0.29, 0.717) is 10.6 Å². The molecular weight excluding hydrogens is 312 g/mol. The van der Waals surface area contributed by atoms with Gasteiger partial charge in [-0.25, -0.2) is 0 Å². The van der Waals surface area contributed by atoms with Crippen LogP contribution in [0.15, 0.2) is 22.7 Å². The van der Waals surface area contributed by atoms with Gasteiger partial charge in [0.2, 0.25) is 0 Å². The lowest BCUT2D eigenvalue weighted by Crippen LogP contribution is -2.27. The van der Waals surface area contributed by atoms with Gasteiger partial charge < -0.3 is 10.6 Å². The van der Waals surface area contributed by atoms with Crippen molar-refractivity contribution in [1.29, 1.82) is 0 Å². The summed E-state index contributed by atoms with van der Waals surface area (Å²) in [6.45, 7) is 1.71. The summed E-state index contributed by atoms with van der Waals surface area (Å²) in [4.78, 5) is 15.0. The second-order valence-electron chi connectivity index (χ2n) is 4.46. The average molecular weight is 325 g/mol. The summed E-state index contributed by atoms with van der Waals surface area (Å²) in [7, 11) is 0. The molecule has 0 atom stereocenters. The van der Waals surface area contributed by atoms with E-state index in [9.17, 15) is 4.79 Å². The minimum Gasteiger partial charge on any atom is -0.397 e. The number of carbonyl (C=O) groups excluding carboxylic acids is 1. The van der Waals surface area contributed by atoms with Gasteiger partial charge in [0.1, 0.15) is 4.88 Å². The topological polar surface area (TPSA) is 46.3 Å². The zero-order valence-electron chi connectivity index (χ0n) is 9.78. The minimum absolute atomic E-state index is 0.0816. The molecule has 5 heteroatoms. The number of nitrogens with two attached hydrogens (primary N) is 1. The molecule has 18 heavy (non-hydrogen) atoms. The number of likely N-dealkylation sites (tertiary alicyclic amines) is 1. The normalized spacial score (nSPS) is 15.5. The molecule has 0 aliphatic carbocycles. The van der Waals surface area contributed by atoms with Crippen molar-refractivity contribution in [1.82, 2.24) is 4.90 Å². The Kier molecular flexibility index (Phi) is 3.03. The molecule has 1 amide bonds. The number of amides is 1. The van der Waals surface area contributed by atoms with Gasteiger partial charge in [-0.3, -0.25) is 4.79 Å². The first-order valence-corrected chi connectivity index (χ1v) is 7.55. The third kappa shape index (κ3) is 1.82. The number of hydrogen-bond acceptors (Lipinski definition) is 3. The van der Waals surface area contributed by atoms with Crippen LogP contribution in [-0.2, 0) is 0 Å². The van der Waals surface area contributed by atoms with E-state index in [1.807, 2.05) is 23.1 Å². The van der Waals surface area contributed by atoms with Gasteiger partial charge in [-0.2, -0.15) is 0 Å². The van der Waals surface area contributed by atoms with Crippen molar-refractivity contribution in [3.05, 3.63) is 27.5 Å². The quantitative estimate of drug-likeness (QED) is 0.872. The molecule has 1 aromatic carbocycles. The van der Waals surface area contributed by atoms with E-state index in [4.69, 9.17) is 5.73 Å². The number of nitrogen functional groups attached to an aromatic ring is 1. The largest absolute Gasteiger partial charge is 0.397 e. The molecule has 3 rings (SSSR count). The fraction of sp³-hybridized carbons (Fsp3) is 0.308. The predicted octanol–water partition coefficient (Wildman–Crippen LogP) is 3.48. The highest BCUT2D eigenvalue weighted by molar-refractivity contribution is 9.10. The van der Waals surface area contributed by atoms with E-state index >= 15 is 0 Å². The Morgan fingerprint density at radius 2 is 2.06 bits per heavy atom. The second-order valence-corrected chi connectivity index (χ2v) is 6.36. The van der Waals surface area contributed by atoms with E-state index in [0.717, 1.165) is 40.5 Å². The van der Waals surface area contributed by atoms with Crippen LogP contribution in [0, 0.1) is 0 Å². The summed E-state index contributed by atoms with van der Waals surface area (Å²) in [6.07, 6.45) is 2.19. The maximum absolute atomic E-state index is 12.4. The zero-order chi connectivity index (χ0) is 12.7. The van der Waals surface area contributed by atoms with Gasteiger partial charge in [-0.1, -0.05) is 22.0 Å². The molecule has 0 unspecified atom stereocenters. The van der Waals surface area contributed by atoms with Crippen LogP contribution in [0.25, 0.3) is 10.1 Å². The van der Waals surface area contributed by atoms with Crippen LogP contribution in [0.5, 0.6) is 0 Å². The molecule has 1 saturated heterocycles. The molecule has 2 N–H and O–H groups in total. The molecule has 1 aliphatic heterocycles. The fourth-order valence-electron chi connectivity index (χ4n) is 2.35. The highest BCUT2D eigenvalue weighted by Gasteiger charge is 2.24. The van der Waals surface area contributed by atoms with Crippen molar-refractivity contribution in [2.45, 2.75) is 12.8 Å². The lowest BCUT2D eigenvalue weighted by atomic mass is 10.2. The van der Waals surface area contributed by atoms with Gasteiger partial charge in [-0.05, 0) is 25.0 Å². The molecule has 2 heterocycles. The third-order valence-corrected chi connectivity index (χ3v) is 5.11. The molecule has 0 bridgehead atoms. The SMILES string of the molecule is Nc1c(C(=O)N2CCCC2)sc2cccc(Br)c12. The molecule has 0 radical (unpaired) electrons. The van der Waals surface area contributed by atoms with Gasteiger partial charge in [0.05, 0.1) is 5.69 Å². The maximum atomic E-state index is 12.4. The first-order valence-electron chi connectivity index (χ1n) is 5.94. The van der Waals surface area contributed by atoms with Gasteiger partial charge in [0, 0.05) is 27.6 Å². The lowest BCUT2D eigenvalue weighted by Gasteiger charge is -2.14. The molecular formula is C13H13BrN2OS. The molecule has 0 saturated carbocycles. The van der Waals surface area contributed by atoms with Crippen LogP contribution in [0.1, 0.15) is 22.5 Å². The Morgan fingerprint density at radius 3 is 2.72 bits per heavy atom. The minimum atomic E-state index is 0.0816. The summed E-state index contributed by atoms with van der Waals surface area (Å²) >= 11 is 4.98. The van der Waals surface area contributed by atoms with Gasteiger partial charge in [0.25, 0.3) is 5.91 Å². The Morgan fingerprint density at radius 1 is 1.33 bits per heavy atom. The van der Waals surface area contributed by atoms with Crippen molar-refractivity contribution in [3.8, 4) is 0 Å². The Labute approximate surface area is 118 Å². The van der Waals surface area contributed by atoms with E-state index in [1.165, 1.54) is 11.3 Å². The highest BCUT2D eigenvalue weighted by atomic mass is 79.9. The Bertz CT molecular complexity index is 617. The highest BCUT2D eigenvalue weighted by Crippen LogP contribution is 2.38. The number of anilines is 1. The molecule has 3 nitrogen and oxygen atoms in total. The third-order valence-electron chi connectivity index (χ3n) is 3.29. The first kappa shape index (κ1) is 12.0. The Balaban J connectivity index is 2.09. The number of benzene rings is 1. The Hall–Kier alpha value is -1.07. The molecule has 0 spiro atoms. The number of thiophene rings is 1. The number of fused-ring (bicyclic) bond motifs is 1. The molecule has 2 aromatic rings. The van der Waals surface area contributed by atoms with Crippen molar-refractivity contribution in [2.75, 3.05) is 18.8 Å². The van der Waals surface area contributed by atoms with E-state index < -0.39 is 0 Å². The van der Waals surface area contributed by atoms with E-state index in [-0.39, 0.29) is 5.91 Å². The number of hydrogen-bond donors (Lipinski definition) is 1. The smallest absolute Gasteiger partial charge is 0.266 e. The van der Waals surface area contributed by atoms with Crippen LogP contribution in [0.2, 0.25) is 0 Å². The molecule has 94 valence electrons. The van der Waals surface area contributed by atoms with Crippen molar-refractivity contribution in [3.63, 3.8) is 0 Å². The standard InChI is InChI=1S/C13H13BrN2OS/c14-8-4-3-5-9-10(8)11(15)12(18-9)13(17)16-6-1-2-7-16/h3-5H,1-2,6-7,15H2. The molecule has 1 fully saturated rings. The fourth-order valence-corrected chi connectivity index (χ4v) is 4.18. The number of carbonyl (C=O) groups is 1. The van der Waals surface area contributed by atoms with E-state index in [2.05, 4.69) is 15.9 Å². The van der Waals surface area contributed by atoms with Crippen LogP contribution < -0.4 is 5.73 Å². The van der Waals surface area contributed by atoms with Gasteiger partial charge >= 0.3 is 0 Å². The van der Waals surface area contributed by atoms with Crippen molar-refractivity contribution >= 4 is 48.9 Å². The number of halogens is 1. The first-order chi connectivity index (χ1) is 8.68. The predicted molar refractivity (Wildman–Crippen MR) is 79.1 cm³/mol. The monoisotopic (exact) mass is 324 g/mol. The summed E-state index contributed by atoms with van der Waals surface area (Å²) in [6, 6.07) is 5.92. The number of rotatable bonds is 1. The molecule has 1 aliphatic rings. The maximum Gasteiger partial charge on any atom is 0.266 e. The van der Waals surface area contributed by atoms with E-state index in [1.54, 1.807) is 0 Å².